The van der Waals surface area contributed by atoms with Gasteiger partial charge in [-0.05, 0) is 42.9 Å². The van der Waals surface area contributed by atoms with Crippen molar-refractivity contribution in [3.63, 3.8) is 0 Å². The second-order valence-corrected chi connectivity index (χ2v) is 7.17. The van der Waals surface area contributed by atoms with Crippen LogP contribution in [0.5, 0.6) is 11.5 Å². The summed E-state index contributed by atoms with van der Waals surface area (Å²) in [6.45, 7) is 8.49. The molecule has 1 aromatic carbocycles. The normalized spacial score (nSPS) is 16.2. The maximum Gasteiger partial charge on any atom is 0.237 e. The number of fused-ring (bicyclic) bond motifs is 1. The lowest BCUT2D eigenvalue weighted by Crippen LogP contribution is -2.46. The number of amides is 1. The molecule has 1 aromatic rings. The highest BCUT2D eigenvalue weighted by molar-refractivity contribution is 5.81. The predicted molar refractivity (Wildman–Crippen MR) is 85.9 cm³/mol. The van der Waals surface area contributed by atoms with Crippen molar-refractivity contribution < 1.29 is 14.3 Å². The standard InChI is InChI=1S/C17H26N2O3/c1-11(19-16(20)13(18)9-17(2,3)4)7-12-5-6-14-15(8-12)22-10-21-14/h5-6,8,11,13H,7,9-10,18H2,1-4H3,(H,19,20). The van der Waals surface area contributed by atoms with E-state index in [0.717, 1.165) is 23.5 Å². The van der Waals surface area contributed by atoms with Crippen LogP contribution >= 0.6 is 0 Å². The zero-order valence-corrected chi connectivity index (χ0v) is 13.8. The molecule has 1 aliphatic heterocycles. The Bertz CT molecular complexity index is 537. The third-order valence-corrected chi connectivity index (χ3v) is 3.54. The van der Waals surface area contributed by atoms with Gasteiger partial charge in [0.05, 0.1) is 6.04 Å². The van der Waals surface area contributed by atoms with E-state index < -0.39 is 6.04 Å². The summed E-state index contributed by atoms with van der Waals surface area (Å²) in [6.07, 6.45) is 1.39. The third-order valence-electron chi connectivity index (χ3n) is 3.54. The average molecular weight is 306 g/mol. The summed E-state index contributed by atoms with van der Waals surface area (Å²) in [5.74, 6) is 1.44. The SMILES string of the molecule is CC(Cc1ccc2c(c1)OCO2)NC(=O)C(N)CC(C)(C)C. The Morgan fingerprint density at radius 2 is 2.00 bits per heavy atom. The van der Waals surface area contributed by atoms with Gasteiger partial charge in [-0.25, -0.2) is 0 Å². The minimum Gasteiger partial charge on any atom is -0.454 e. The molecule has 0 saturated heterocycles. The summed E-state index contributed by atoms with van der Waals surface area (Å²) in [5, 5.41) is 2.98. The fourth-order valence-corrected chi connectivity index (χ4v) is 2.57. The van der Waals surface area contributed by atoms with E-state index in [1.165, 1.54) is 0 Å². The molecule has 0 saturated carbocycles. The van der Waals surface area contributed by atoms with Gasteiger partial charge >= 0.3 is 0 Å². The van der Waals surface area contributed by atoms with Gasteiger partial charge in [-0.1, -0.05) is 26.8 Å². The van der Waals surface area contributed by atoms with Crippen molar-refractivity contribution in [1.82, 2.24) is 5.32 Å². The van der Waals surface area contributed by atoms with Crippen LogP contribution < -0.4 is 20.5 Å². The molecule has 0 bridgehead atoms. The van der Waals surface area contributed by atoms with Crippen LogP contribution in [0.25, 0.3) is 0 Å². The first-order chi connectivity index (χ1) is 10.2. The molecule has 1 heterocycles. The van der Waals surface area contributed by atoms with Crippen LogP contribution in [0, 0.1) is 5.41 Å². The van der Waals surface area contributed by atoms with Crippen LogP contribution in [0.1, 0.15) is 39.7 Å². The van der Waals surface area contributed by atoms with Gasteiger partial charge in [-0.2, -0.15) is 0 Å². The Balaban J connectivity index is 1.87. The van der Waals surface area contributed by atoms with Crippen molar-refractivity contribution in [3.05, 3.63) is 23.8 Å². The fraction of sp³-hybridized carbons (Fsp3) is 0.588. The van der Waals surface area contributed by atoms with Crippen LogP contribution in [0.2, 0.25) is 0 Å². The second kappa shape index (κ2) is 6.57. The van der Waals surface area contributed by atoms with E-state index in [0.29, 0.717) is 6.42 Å². The van der Waals surface area contributed by atoms with E-state index in [2.05, 4.69) is 26.1 Å². The highest BCUT2D eigenvalue weighted by Crippen LogP contribution is 2.32. The van der Waals surface area contributed by atoms with Crippen LogP contribution in [-0.2, 0) is 11.2 Å². The molecule has 0 radical (unpaired) electrons. The summed E-state index contributed by atoms with van der Waals surface area (Å²) in [5.41, 5.74) is 7.11. The molecule has 0 spiro atoms. The molecular weight excluding hydrogens is 280 g/mol. The zero-order chi connectivity index (χ0) is 16.3. The number of nitrogens with one attached hydrogen (secondary N) is 1. The third kappa shape index (κ3) is 4.63. The summed E-state index contributed by atoms with van der Waals surface area (Å²) in [7, 11) is 0. The van der Waals surface area contributed by atoms with E-state index >= 15 is 0 Å². The van der Waals surface area contributed by atoms with Crippen LogP contribution in [0.4, 0.5) is 0 Å². The summed E-state index contributed by atoms with van der Waals surface area (Å²) in [4.78, 5) is 12.1. The Morgan fingerprint density at radius 3 is 2.68 bits per heavy atom. The molecule has 5 heteroatoms. The van der Waals surface area contributed by atoms with Gasteiger partial charge in [-0.3, -0.25) is 4.79 Å². The van der Waals surface area contributed by atoms with Gasteiger partial charge < -0.3 is 20.5 Å². The van der Waals surface area contributed by atoms with Gasteiger partial charge in [-0.15, -0.1) is 0 Å². The summed E-state index contributed by atoms with van der Waals surface area (Å²) < 4.78 is 10.7. The first-order valence-corrected chi connectivity index (χ1v) is 7.69. The van der Waals surface area contributed by atoms with E-state index in [4.69, 9.17) is 15.2 Å². The van der Waals surface area contributed by atoms with Gasteiger partial charge in [0.2, 0.25) is 12.7 Å². The molecule has 122 valence electrons. The number of carbonyl (C=O) groups excluding carboxylic acids is 1. The number of ether oxygens (including phenoxy) is 2. The van der Waals surface area contributed by atoms with E-state index in [1.54, 1.807) is 0 Å². The molecule has 2 rings (SSSR count). The highest BCUT2D eigenvalue weighted by atomic mass is 16.7. The Labute approximate surface area is 132 Å². The largest absolute Gasteiger partial charge is 0.454 e. The molecule has 1 amide bonds. The second-order valence-electron chi connectivity index (χ2n) is 7.17. The number of rotatable bonds is 5. The first-order valence-electron chi connectivity index (χ1n) is 7.69. The fourth-order valence-electron chi connectivity index (χ4n) is 2.57. The molecular formula is C17H26N2O3. The van der Waals surface area contributed by atoms with Gasteiger partial charge in [0.1, 0.15) is 0 Å². The Morgan fingerprint density at radius 1 is 1.32 bits per heavy atom. The summed E-state index contributed by atoms with van der Waals surface area (Å²) >= 11 is 0. The molecule has 5 nitrogen and oxygen atoms in total. The molecule has 2 unspecified atom stereocenters. The van der Waals surface area contributed by atoms with Crippen molar-refractivity contribution in [2.75, 3.05) is 6.79 Å². The number of hydrogen-bond acceptors (Lipinski definition) is 4. The van der Waals surface area contributed by atoms with E-state index in [9.17, 15) is 4.79 Å². The maximum atomic E-state index is 12.1. The van der Waals surface area contributed by atoms with Crippen molar-refractivity contribution in [2.24, 2.45) is 11.1 Å². The minimum absolute atomic E-state index is 0.0129. The quantitative estimate of drug-likeness (QED) is 0.875. The molecule has 0 fully saturated rings. The number of benzene rings is 1. The topological polar surface area (TPSA) is 73.6 Å². The molecule has 22 heavy (non-hydrogen) atoms. The van der Waals surface area contributed by atoms with Crippen molar-refractivity contribution in [1.29, 1.82) is 0 Å². The monoisotopic (exact) mass is 306 g/mol. The Hall–Kier alpha value is -1.75. The van der Waals surface area contributed by atoms with Gasteiger partial charge in [0.15, 0.2) is 11.5 Å². The van der Waals surface area contributed by atoms with E-state index in [-0.39, 0.29) is 24.2 Å². The molecule has 2 atom stereocenters. The number of carbonyl (C=O) groups is 1. The van der Waals surface area contributed by atoms with Crippen LogP contribution in [-0.4, -0.2) is 24.8 Å². The van der Waals surface area contributed by atoms with Crippen LogP contribution in [0.15, 0.2) is 18.2 Å². The predicted octanol–water partition coefficient (Wildman–Crippen LogP) is 2.23. The zero-order valence-electron chi connectivity index (χ0n) is 13.8. The van der Waals surface area contributed by atoms with Crippen LogP contribution in [0.3, 0.4) is 0 Å². The molecule has 1 aliphatic rings. The molecule has 3 N–H and O–H groups in total. The van der Waals surface area contributed by atoms with Gasteiger partial charge in [0, 0.05) is 6.04 Å². The number of hydrogen-bond donors (Lipinski definition) is 2. The lowest BCUT2D eigenvalue weighted by atomic mass is 9.88. The highest BCUT2D eigenvalue weighted by Gasteiger charge is 2.22. The average Bonchev–Trinajstić information content (AvgIpc) is 2.83. The minimum atomic E-state index is -0.473. The lowest BCUT2D eigenvalue weighted by molar-refractivity contribution is -0.123. The Kier molecular flexibility index (Phi) is 4.96. The van der Waals surface area contributed by atoms with Crippen molar-refractivity contribution in [3.8, 4) is 11.5 Å². The van der Waals surface area contributed by atoms with Crippen molar-refractivity contribution in [2.45, 2.75) is 52.6 Å². The van der Waals surface area contributed by atoms with Gasteiger partial charge in [0.25, 0.3) is 0 Å². The lowest BCUT2D eigenvalue weighted by Gasteiger charge is -2.24. The molecule has 0 aliphatic carbocycles. The van der Waals surface area contributed by atoms with Crippen molar-refractivity contribution >= 4 is 5.91 Å². The summed E-state index contributed by atoms with van der Waals surface area (Å²) in [6, 6.07) is 5.39. The molecule has 0 aromatic heterocycles. The smallest absolute Gasteiger partial charge is 0.237 e. The maximum absolute atomic E-state index is 12.1. The number of nitrogens with two attached hydrogens (primary N) is 1. The van der Waals surface area contributed by atoms with E-state index in [1.807, 2.05) is 25.1 Å². The first kappa shape index (κ1) is 16.6.